The van der Waals surface area contributed by atoms with Crippen molar-refractivity contribution < 1.29 is 52.6 Å². The second-order valence-electron chi connectivity index (χ2n) is 13.0. The number of aromatic nitrogens is 2. The molecule has 0 N–H and O–H groups in total. The third-order valence-electron chi connectivity index (χ3n) is 8.84. The Bertz CT molecular complexity index is 806. The van der Waals surface area contributed by atoms with Crippen LogP contribution < -0.4 is 52.6 Å². The molecule has 0 atom stereocenters. The van der Waals surface area contributed by atoms with Gasteiger partial charge in [0.25, 0.3) is 0 Å². The third-order valence-corrected chi connectivity index (χ3v) is 8.84. The summed E-state index contributed by atoms with van der Waals surface area (Å²) in [5.74, 6) is 1.98. The molecule has 0 radical (unpaired) electrons. The van der Waals surface area contributed by atoms with E-state index in [1.54, 1.807) is 0 Å². The highest BCUT2D eigenvalue weighted by atomic mass is 79.9. The van der Waals surface area contributed by atoms with Gasteiger partial charge < -0.3 is 43.4 Å². The molecular formula is C40H70Br2N2O2. The first-order chi connectivity index (χ1) is 21.8. The van der Waals surface area contributed by atoms with Gasteiger partial charge in [0.1, 0.15) is 24.6 Å². The van der Waals surface area contributed by atoms with Crippen molar-refractivity contribution in [2.45, 2.75) is 181 Å². The van der Waals surface area contributed by atoms with Crippen molar-refractivity contribution in [2.24, 2.45) is 0 Å². The molecule has 0 aliphatic heterocycles. The lowest BCUT2D eigenvalue weighted by molar-refractivity contribution is -0.697. The molecule has 0 aromatic carbocycles. The number of hydrogen-bond acceptors (Lipinski definition) is 2. The molecule has 0 bridgehead atoms. The van der Waals surface area contributed by atoms with Crippen LogP contribution in [0.15, 0.2) is 49.1 Å². The van der Waals surface area contributed by atoms with Crippen LogP contribution in [0.25, 0.3) is 0 Å². The summed E-state index contributed by atoms with van der Waals surface area (Å²) in [4.78, 5) is 0. The average molecular weight is 771 g/mol. The Hall–Kier alpha value is -1.14. The minimum Gasteiger partial charge on any atom is -1.00 e. The summed E-state index contributed by atoms with van der Waals surface area (Å²) < 4.78 is 16.5. The van der Waals surface area contributed by atoms with E-state index in [4.69, 9.17) is 9.47 Å². The van der Waals surface area contributed by atoms with Gasteiger partial charge in [-0.15, -0.1) is 0 Å². The van der Waals surface area contributed by atoms with Crippen molar-refractivity contribution in [3.05, 3.63) is 49.1 Å². The first kappa shape index (κ1) is 44.9. The molecule has 2 aromatic rings. The van der Waals surface area contributed by atoms with Crippen molar-refractivity contribution >= 4 is 0 Å². The number of ether oxygens (including phenoxy) is 2. The minimum absolute atomic E-state index is 0. The van der Waals surface area contributed by atoms with E-state index in [0.717, 1.165) is 50.6 Å². The van der Waals surface area contributed by atoms with Gasteiger partial charge in [-0.05, 0) is 38.5 Å². The predicted octanol–water partition coefficient (Wildman–Crippen LogP) is 5.13. The normalized spacial score (nSPS) is 10.7. The van der Waals surface area contributed by atoms with Gasteiger partial charge in [-0.2, -0.15) is 0 Å². The lowest BCUT2D eigenvalue weighted by Gasteiger charge is -2.07. The number of nitrogens with zero attached hydrogens (tertiary/aromatic N) is 2. The van der Waals surface area contributed by atoms with Gasteiger partial charge in [-0.1, -0.05) is 117 Å². The van der Waals surface area contributed by atoms with Gasteiger partial charge in [-0.3, -0.25) is 0 Å². The molecule has 2 aromatic heterocycles. The zero-order valence-electron chi connectivity index (χ0n) is 29.9. The van der Waals surface area contributed by atoms with Crippen LogP contribution in [0.4, 0.5) is 0 Å². The van der Waals surface area contributed by atoms with Crippen LogP contribution in [0.5, 0.6) is 11.5 Å². The standard InChI is InChI=1S/C40H70N2O2.2BrH/c1-3-5-7-9-11-13-15-17-19-23-31-41-33-27-39(28-34-41)43-37-25-21-22-26-38-44-40-29-35-42(36-30-40)32-24-20-18-16-14-12-10-8-6-4-2;;/h27-30,33-36H,3-26,31-32,37-38H2,1-2H3;2*1H/q+2;;/p-2. The van der Waals surface area contributed by atoms with Crippen LogP contribution in [0, 0.1) is 0 Å². The maximum atomic E-state index is 5.97. The van der Waals surface area contributed by atoms with Crippen LogP contribution in [0.2, 0.25) is 0 Å². The molecule has 6 heteroatoms. The number of halogens is 2. The van der Waals surface area contributed by atoms with Crippen molar-refractivity contribution in [3.63, 3.8) is 0 Å². The second kappa shape index (κ2) is 33.7. The first-order valence-electron chi connectivity index (χ1n) is 19.1. The largest absolute Gasteiger partial charge is 1.00 e. The van der Waals surface area contributed by atoms with Crippen molar-refractivity contribution in [2.75, 3.05) is 13.2 Å². The molecule has 0 unspecified atom stereocenters. The van der Waals surface area contributed by atoms with Crippen molar-refractivity contribution in [1.82, 2.24) is 0 Å². The molecule has 0 aliphatic carbocycles. The van der Waals surface area contributed by atoms with Gasteiger partial charge in [0.2, 0.25) is 0 Å². The van der Waals surface area contributed by atoms with E-state index in [1.807, 2.05) is 0 Å². The van der Waals surface area contributed by atoms with Gasteiger partial charge in [0.15, 0.2) is 24.8 Å². The van der Waals surface area contributed by atoms with E-state index in [2.05, 4.69) is 72.0 Å². The molecular weight excluding hydrogens is 700 g/mol. The Morgan fingerprint density at radius 2 is 0.630 bits per heavy atom. The number of hydrogen-bond donors (Lipinski definition) is 0. The molecule has 46 heavy (non-hydrogen) atoms. The highest BCUT2D eigenvalue weighted by Gasteiger charge is 2.04. The number of unbranched alkanes of at least 4 members (excludes halogenated alkanes) is 21. The van der Waals surface area contributed by atoms with Gasteiger partial charge in [0.05, 0.1) is 13.2 Å². The fourth-order valence-corrected chi connectivity index (χ4v) is 5.88. The van der Waals surface area contributed by atoms with Crippen LogP contribution in [-0.4, -0.2) is 13.2 Å². The maximum Gasteiger partial charge on any atom is 0.172 e. The molecule has 0 fully saturated rings. The van der Waals surface area contributed by atoms with Crippen LogP contribution in [-0.2, 0) is 13.1 Å². The second-order valence-corrected chi connectivity index (χ2v) is 13.0. The molecule has 0 saturated heterocycles. The summed E-state index contributed by atoms with van der Waals surface area (Å²) in [5.41, 5.74) is 0. The number of pyridine rings is 2. The molecule has 266 valence electrons. The van der Waals surface area contributed by atoms with Gasteiger partial charge >= 0.3 is 0 Å². The quantitative estimate of drug-likeness (QED) is 0.0787. The van der Waals surface area contributed by atoms with E-state index < -0.39 is 0 Å². The summed E-state index contributed by atoms with van der Waals surface area (Å²) in [7, 11) is 0. The molecule has 0 amide bonds. The topological polar surface area (TPSA) is 26.2 Å². The Labute approximate surface area is 306 Å². The molecule has 2 rings (SSSR count). The Kier molecular flexibility index (Phi) is 32.9. The van der Waals surface area contributed by atoms with Crippen LogP contribution >= 0.6 is 0 Å². The Morgan fingerprint density at radius 1 is 0.370 bits per heavy atom. The van der Waals surface area contributed by atoms with E-state index in [0.29, 0.717) is 0 Å². The fraction of sp³-hybridized carbons (Fsp3) is 0.750. The monoisotopic (exact) mass is 768 g/mol. The van der Waals surface area contributed by atoms with Gasteiger partial charge in [-0.25, -0.2) is 9.13 Å². The van der Waals surface area contributed by atoms with Gasteiger partial charge in [0, 0.05) is 37.1 Å². The third kappa shape index (κ3) is 25.9. The van der Waals surface area contributed by atoms with E-state index in [9.17, 15) is 0 Å². The zero-order chi connectivity index (χ0) is 31.2. The van der Waals surface area contributed by atoms with Crippen molar-refractivity contribution in [1.29, 1.82) is 0 Å². The molecule has 0 saturated carbocycles. The highest BCUT2D eigenvalue weighted by molar-refractivity contribution is 5.15. The van der Waals surface area contributed by atoms with E-state index in [-0.39, 0.29) is 34.0 Å². The smallest absolute Gasteiger partial charge is 0.172 e. The van der Waals surface area contributed by atoms with E-state index >= 15 is 0 Å². The lowest BCUT2D eigenvalue weighted by atomic mass is 10.1. The predicted molar refractivity (Wildman–Crippen MR) is 186 cm³/mol. The summed E-state index contributed by atoms with van der Waals surface area (Å²) in [6, 6.07) is 8.46. The molecule has 0 aliphatic rings. The maximum absolute atomic E-state index is 5.97. The van der Waals surface area contributed by atoms with Crippen LogP contribution in [0.3, 0.4) is 0 Å². The van der Waals surface area contributed by atoms with Crippen LogP contribution in [0.1, 0.15) is 168 Å². The Morgan fingerprint density at radius 3 is 0.935 bits per heavy atom. The average Bonchev–Trinajstić information content (AvgIpc) is 3.05. The van der Waals surface area contributed by atoms with Crippen molar-refractivity contribution in [3.8, 4) is 11.5 Å². The minimum atomic E-state index is 0. The summed E-state index contributed by atoms with van der Waals surface area (Å²) in [6.07, 6.45) is 41.0. The molecule has 0 spiro atoms. The molecule has 4 nitrogen and oxygen atoms in total. The number of aryl methyl sites for hydroxylation is 2. The lowest BCUT2D eigenvalue weighted by Crippen LogP contribution is -3.00. The first-order valence-corrected chi connectivity index (χ1v) is 19.1. The fourth-order valence-electron chi connectivity index (χ4n) is 5.88. The molecule has 2 heterocycles. The summed E-state index contributed by atoms with van der Waals surface area (Å²) in [5, 5.41) is 0. The van der Waals surface area contributed by atoms with E-state index in [1.165, 1.54) is 141 Å². The number of rotatable bonds is 31. The summed E-state index contributed by atoms with van der Waals surface area (Å²) in [6.45, 7) is 8.39. The SMILES string of the molecule is CCCCCCCCCCCC[n+]1ccc(OCCCCCCOc2cc[n+](CCCCCCCCCCCC)cc2)cc1.[Br-].[Br-]. The Balaban J connectivity index is 0.0000101. The zero-order valence-corrected chi connectivity index (χ0v) is 33.1. The highest BCUT2D eigenvalue weighted by Crippen LogP contribution is 2.13. The summed E-state index contributed by atoms with van der Waals surface area (Å²) >= 11 is 0.